The predicted molar refractivity (Wildman–Crippen MR) is 116 cm³/mol. The number of primary amides is 1. The highest BCUT2D eigenvalue weighted by Crippen LogP contribution is 2.24. The Hall–Kier alpha value is -4.04. The van der Waals surface area contributed by atoms with Crippen molar-refractivity contribution >= 4 is 11.8 Å². The number of rotatable bonds is 7. The molecule has 3 N–H and O–H groups in total. The van der Waals surface area contributed by atoms with Crippen LogP contribution in [0.2, 0.25) is 0 Å². The summed E-state index contributed by atoms with van der Waals surface area (Å²) in [5.41, 5.74) is 7.46. The molecular formula is C25H22N2O3. The molecule has 3 rings (SSSR count). The van der Waals surface area contributed by atoms with Gasteiger partial charge >= 0.3 is 0 Å². The lowest BCUT2D eigenvalue weighted by Crippen LogP contribution is -2.30. The Morgan fingerprint density at radius 3 is 2.00 bits per heavy atom. The molecule has 5 heteroatoms. The van der Waals surface area contributed by atoms with Crippen LogP contribution in [0.3, 0.4) is 0 Å². The van der Waals surface area contributed by atoms with E-state index in [1.165, 1.54) is 0 Å². The third-order valence-corrected chi connectivity index (χ3v) is 4.46. The Kier molecular flexibility index (Phi) is 7.23. The van der Waals surface area contributed by atoms with E-state index in [0.717, 1.165) is 11.1 Å². The van der Waals surface area contributed by atoms with Gasteiger partial charge in [0.25, 0.3) is 5.91 Å². The molecule has 0 spiro atoms. The molecule has 2 amide bonds. The smallest absolute Gasteiger partial charge is 0.252 e. The van der Waals surface area contributed by atoms with E-state index in [1.807, 2.05) is 60.7 Å². The second-order valence-electron chi connectivity index (χ2n) is 6.47. The minimum Gasteiger partial charge on any atom is -0.480 e. The highest BCUT2D eigenvalue weighted by molar-refractivity contribution is 5.95. The maximum atomic E-state index is 12.9. The first-order valence-electron chi connectivity index (χ1n) is 9.52. The average Bonchev–Trinajstić information content (AvgIpc) is 2.78. The van der Waals surface area contributed by atoms with Crippen molar-refractivity contribution in [1.82, 2.24) is 5.32 Å². The first-order chi connectivity index (χ1) is 14.7. The highest BCUT2D eigenvalue weighted by Gasteiger charge is 2.21. The van der Waals surface area contributed by atoms with Crippen molar-refractivity contribution < 1.29 is 14.3 Å². The van der Waals surface area contributed by atoms with Crippen LogP contribution < -0.4 is 15.8 Å². The summed E-state index contributed by atoms with van der Waals surface area (Å²) in [6.07, 6.45) is 0. The van der Waals surface area contributed by atoms with Gasteiger partial charge < -0.3 is 15.8 Å². The monoisotopic (exact) mass is 398 g/mol. The summed E-state index contributed by atoms with van der Waals surface area (Å²) in [6, 6.07) is 26.0. The minimum atomic E-state index is -0.557. The predicted octanol–water partition coefficient (Wildman–Crippen LogP) is 3.12. The number of carbonyl (C=O) groups excluding carboxylic acids is 2. The van der Waals surface area contributed by atoms with Crippen molar-refractivity contribution in [2.24, 2.45) is 5.73 Å². The van der Waals surface area contributed by atoms with Gasteiger partial charge in [0.1, 0.15) is 12.4 Å². The summed E-state index contributed by atoms with van der Waals surface area (Å²) < 4.78 is 5.50. The number of para-hydroxylation sites is 1. The Bertz CT molecular complexity index is 1010. The molecule has 3 aromatic carbocycles. The van der Waals surface area contributed by atoms with E-state index < -0.39 is 11.8 Å². The van der Waals surface area contributed by atoms with Crippen LogP contribution in [0.15, 0.2) is 84.9 Å². The zero-order chi connectivity index (χ0) is 21.2. The van der Waals surface area contributed by atoms with Gasteiger partial charge in [-0.15, -0.1) is 0 Å². The fraction of sp³-hybridized carbons (Fsp3) is 0.120. The van der Waals surface area contributed by atoms with Gasteiger partial charge in [-0.05, 0) is 23.3 Å². The van der Waals surface area contributed by atoms with Crippen LogP contribution in [0.1, 0.15) is 27.4 Å². The van der Waals surface area contributed by atoms with E-state index in [4.69, 9.17) is 10.5 Å². The molecule has 5 nitrogen and oxygen atoms in total. The third-order valence-electron chi connectivity index (χ3n) is 4.46. The molecule has 0 fully saturated rings. The molecule has 150 valence electrons. The largest absolute Gasteiger partial charge is 0.480 e. The molecule has 0 saturated carbocycles. The SMILES string of the molecule is NC(=O)c1ccccc1OCC#CCNC(=O)C(c1ccccc1)c1ccccc1. The lowest BCUT2D eigenvalue weighted by atomic mass is 9.90. The Morgan fingerprint density at radius 2 is 1.40 bits per heavy atom. The minimum absolute atomic E-state index is 0.0843. The molecule has 0 aliphatic carbocycles. The fourth-order valence-electron chi connectivity index (χ4n) is 3.04. The molecule has 3 aromatic rings. The van der Waals surface area contributed by atoms with E-state index >= 15 is 0 Å². The zero-order valence-corrected chi connectivity index (χ0v) is 16.4. The van der Waals surface area contributed by atoms with Crippen LogP contribution >= 0.6 is 0 Å². The van der Waals surface area contributed by atoms with Gasteiger partial charge in [0.05, 0.1) is 18.0 Å². The van der Waals surface area contributed by atoms with Crippen LogP contribution in [-0.2, 0) is 4.79 Å². The number of hydrogen-bond acceptors (Lipinski definition) is 3. The second-order valence-corrected chi connectivity index (χ2v) is 6.47. The van der Waals surface area contributed by atoms with E-state index in [9.17, 15) is 9.59 Å². The van der Waals surface area contributed by atoms with Gasteiger partial charge in [-0.1, -0.05) is 84.6 Å². The first kappa shape index (κ1) is 20.7. The Morgan fingerprint density at radius 1 is 0.833 bits per heavy atom. The molecule has 0 atom stereocenters. The van der Waals surface area contributed by atoms with Crippen molar-refractivity contribution in [2.75, 3.05) is 13.2 Å². The molecule has 0 heterocycles. The molecule has 0 bridgehead atoms. The summed E-state index contributed by atoms with van der Waals surface area (Å²) in [5.74, 6) is 5.00. The summed E-state index contributed by atoms with van der Waals surface area (Å²) in [6.45, 7) is 0.275. The number of ether oxygens (including phenoxy) is 1. The van der Waals surface area contributed by atoms with Gasteiger partial charge in [0.2, 0.25) is 5.91 Å². The fourth-order valence-corrected chi connectivity index (χ4v) is 3.04. The standard InChI is InChI=1S/C25H22N2O3/c26-24(28)21-15-7-8-16-22(21)30-18-10-9-17-27-25(29)23(19-11-3-1-4-12-19)20-13-5-2-6-14-20/h1-8,11-16,23H,17-18H2,(H2,26,28)(H,27,29). The normalized spacial score (nSPS) is 10.0. The first-order valence-corrected chi connectivity index (χ1v) is 9.52. The number of nitrogens with two attached hydrogens (primary N) is 1. The number of carbonyl (C=O) groups is 2. The van der Waals surface area contributed by atoms with Gasteiger partial charge in [0, 0.05) is 0 Å². The topological polar surface area (TPSA) is 81.4 Å². The van der Waals surface area contributed by atoms with Gasteiger partial charge in [-0.3, -0.25) is 9.59 Å². The summed E-state index contributed by atoms with van der Waals surface area (Å²) in [5, 5.41) is 2.87. The van der Waals surface area contributed by atoms with E-state index in [1.54, 1.807) is 24.3 Å². The molecule has 0 unspecified atom stereocenters. The molecular weight excluding hydrogens is 376 g/mol. The van der Waals surface area contributed by atoms with Gasteiger partial charge in [-0.25, -0.2) is 0 Å². The third kappa shape index (κ3) is 5.49. The Labute approximate surface area is 175 Å². The summed E-state index contributed by atoms with van der Waals surface area (Å²) in [7, 11) is 0. The molecule has 0 aliphatic rings. The number of hydrogen-bond donors (Lipinski definition) is 2. The molecule has 0 aromatic heterocycles. The number of amides is 2. The maximum Gasteiger partial charge on any atom is 0.252 e. The van der Waals surface area contributed by atoms with E-state index in [-0.39, 0.29) is 19.1 Å². The second kappa shape index (κ2) is 10.5. The van der Waals surface area contributed by atoms with Crippen molar-refractivity contribution in [3.63, 3.8) is 0 Å². The van der Waals surface area contributed by atoms with Crippen molar-refractivity contribution in [3.05, 3.63) is 102 Å². The molecule has 0 radical (unpaired) electrons. The van der Waals surface area contributed by atoms with Crippen LogP contribution in [0.4, 0.5) is 0 Å². The maximum absolute atomic E-state index is 12.9. The van der Waals surface area contributed by atoms with Crippen LogP contribution in [0, 0.1) is 11.8 Å². The van der Waals surface area contributed by atoms with E-state index in [0.29, 0.717) is 11.3 Å². The highest BCUT2D eigenvalue weighted by atomic mass is 16.5. The van der Waals surface area contributed by atoms with Crippen LogP contribution in [-0.4, -0.2) is 25.0 Å². The Balaban J connectivity index is 1.59. The van der Waals surface area contributed by atoms with Crippen molar-refractivity contribution in [2.45, 2.75) is 5.92 Å². The number of benzene rings is 3. The zero-order valence-electron chi connectivity index (χ0n) is 16.4. The lowest BCUT2D eigenvalue weighted by molar-refractivity contribution is -0.121. The summed E-state index contributed by atoms with van der Waals surface area (Å²) in [4.78, 5) is 24.2. The van der Waals surface area contributed by atoms with Crippen LogP contribution in [0.25, 0.3) is 0 Å². The quantitative estimate of drug-likeness (QED) is 0.600. The van der Waals surface area contributed by atoms with Gasteiger partial charge in [-0.2, -0.15) is 0 Å². The average molecular weight is 398 g/mol. The van der Waals surface area contributed by atoms with Crippen molar-refractivity contribution in [3.8, 4) is 17.6 Å². The summed E-state index contributed by atoms with van der Waals surface area (Å²) >= 11 is 0. The molecule has 0 aliphatic heterocycles. The molecule has 30 heavy (non-hydrogen) atoms. The van der Waals surface area contributed by atoms with Gasteiger partial charge in [0.15, 0.2) is 0 Å². The molecule has 0 saturated heterocycles. The van der Waals surface area contributed by atoms with Crippen LogP contribution in [0.5, 0.6) is 5.75 Å². The number of nitrogens with one attached hydrogen (secondary N) is 1. The van der Waals surface area contributed by atoms with Crippen molar-refractivity contribution in [1.29, 1.82) is 0 Å². The van der Waals surface area contributed by atoms with E-state index in [2.05, 4.69) is 17.2 Å². The lowest BCUT2D eigenvalue weighted by Gasteiger charge is -2.17.